The Morgan fingerprint density at radius 2 is 1.89 bits per heavy atom. The smallest absolute Gasteiger partial charge is 0.324 e. The van der Waals surface area contributed by atoms with Crippen molar-refractivity contribution in [3.05, 3.63) is 33.3 Å². The van der Waals surface area contributed by atoms with Gasteiger partial charge in [-0.1, -0.05) is 24.4 Å². The maximum Gasteiger partial charge on any atom is 0.334 e. The topological polar surface area (TPSA) is 130 Å². The Kier molecular flexibility index (Phi) is 5.08. The molecule has 2 fully saturated rings. The molecule has 27 heavy (non-hydrogen) atoms. The lowest BCUT2D eigenvalue weighted by Crippen LogP contribution is -2.41. The summed E-state index contributed by atoms with van der Waals surface area (Å²) in [5.74, 6) is -2.75. The molecule has 0 atom stereocenters. The van der Waals surface area contributed by atoms with E-state index in [9.17, 15) is 29.3 Å². The van der Waals surface area contributed by atoms with Crippen molar-refractivity contribution >= 4 is 46.7 Å². The Morgan fingerprint density at radius 1 is 1.22 bits per heavy atom. The zero-order valence-corrected chi connectivity index (χ0v) is 14.8. The van der Waals surface area contributed by atoms with Crippen LogP contribution in [0, 0.1) is 10.1 Å². The van der Waals surface area contributed by atoms with Crippen molar-refractivity contribution < 1.29 is 24.1 Å². The average molecular weight is 395 g/mol. The fraction of sp³-hybridized carbons (Fsp3) is 0.375. The maximum absolute atomic E-state index is 12.4. The number of anilines is 1. The van der Waals surface area contributed by atoms with Gasteiger partial charge in [0, 0.05) is 17.8 Å². The molecule has 3 rings (SSSR count). The predicted octanol–water partition coefficient (Wildman–Crippen LogP) is 1.92. The molecule has 1 saturated heterocycles. The third-order valence-corrected chi connectivity index (χ3v) is 4.82. The van der Waals surface area contributed by atoms with E-state index in [-0.39, 0.29) is 16.8 Å². The van der Waals surface area contributed by atoms with Gasteiger partial charge in [0.1, 0.15) is 11.6 Å². The molecule has 5 amide bonds. The Balaban J connectivity index is 1.70. The molecule has 0 aromatic heterocycles. The van der Waals surface area contributed by atoms with Gasteiger partial charge in [-0.25, -0.2) is 9.69 Å². The van der Waals surface area contributed by atoms with E-state index in [1.54, 1.807) is 0 Å². The van der Waals surface area contributed by atoms with Crippen LogP contribution >= 0.6 is 11.6 Å². The molecule has 1 saturated carbocycles. The lowest BCUT2D eigenvalue weighted by atomic mass is 10.2. The molecule has 0 bridgehead atoms. The van der Waals surface area contributed by atoms with E-state index in [4.69, 9.17) is 11.6 Å². The second-order valence-electron chi connectivity index (χ2n) is 6.26. The highest BCUT2D eigenvalue weighted by molar-refractivity contribution is 6.45. The largest absolute Gasteiger partial charge is 0.334 e. The quantitative estimate of drug-likeness (QED) is 0.351. The monoisotopic (exact) mass is 394 g/mol. The molecule has 11 heteroatoms. The summed E-state index contributed by atoms with van der Waals surface area (Å²) >= 11 is 5.70. The second kappa shape index (κ2) is 7.31. The van der Waals surface area contributed by atoms with Crippen molar-refractivity contribution in [1.29, 1.82) is 0 Å². The second-order valence-corrected chi connectivity index (χ2v) is 6.67. The Bertz CT molecular complexity index is 851. The number of carbonyl (C=O) groups excluding carboxylic acids is 4. The summed E-state index contributed by atoms with van der Waals surface area (Å²) in [5.41, 5.74) is -0.320. The first-order chi connectivity index (χ1) is 12.8. The number of imide groups is 2. The number of amides is 5. The van der Waals surface area contributed by atoms with E-state index >= 15 is 0 Å². The highest BCUT2D eigenvalue weighted by Gasteiger charge is 2.48. The summed E-state index contributed by atoms with van der Waals surface area (Å²) in [4.78, 5) is 60.5. The van der Waals surface area contributed by atoms with Gasteiger partial charge in [-0.15, -0.1) is 0 Å². The number of nitrogens with one attached hydrogen (secondary N) is 1. The number of carbonyl (C=O) groups is 4. The van der Waals surface area contributed by atoms with Gasteiger partial charge in [0.05, 0.1) is 4.92 Å². The van der Waals surface area contributed by atoms with E-state index in [1.165, 1.54) is 12.1 Å². The van der Waals surface area contributed by atoms with Crippen LogP contribution in [0.4, 0.5) is 16.2 Å². The molecule has 1 heterocycles. The summed E-state index contributed by atoms with van der Waals surface area (Å²) in [7, 11) is 0. The summed E-state index contributed by atoms with van der Waals surface area (Å²) in [6, 6.07) is 2.52. The molecular formula is C16H15ClN4O6. The van der Waals surface area contributed by atoms with Crippen LogP contribution in [0.1, 0.15) is 25.7 Å². The van der Waals surface area contributed by atoms with Gasteiger partial charge in [-0.2, -0.15) is 0 Å². The third kappa shape index (κ3) is 3.61. The van der Waals surface area contributed by atoms with Gasteiger partial charge >= 0.3 is 17.8 Å². The van der Waals surface area contributed by atoms with Crippen LogP contribution in [0.2, 0.25) is 5.02 Å². The van der Waals surface area contributed by atoms with Gasteiger partial charge < -0.3 is 5.32 Å². The van der Waals surface area contributed by atoms with Crippen LogP contribution in [0.25, 0.3) is 0 Å². The molecular weight excluding hydrogens is 380 g/mol. The fourth-order valence-corrected chi connectivity index (χ4v) is 3.41. The molecule has 0 radical (unpaired) electrons. The molecule has 1 aromatic carbocycles. The molecule has 142 valence electrons. The van der Waals surface area contributed by atoms with Crippen LogP contribution in [-0.4, -0.2) is 51.1 Å². The maximum atomic E-state index is 12.4. The molecule has 0 unspecified atom stereocenters. The Hall–Kier alpha value is -3.01. The number of urea groups is 1. The highest BCUT2D eigenvalue weighted by Crippen LogP contribution is 2.29. The molecule has 2 aliphatic rings. The SMILES string of the molecule is O=C(CN1C(=O)C(=O)N(C2CCCC2)C1=O)Nc1ccc(Cl)c([N+](=O)[O-])c1. The van der Waals surface area contributed by atoms with Gasteiger partial charge in [-0.3, -0.25) is 29.4 Å². The third-order valence-electron chi connectivity index (χ3n) is 4.50. The highest BCUT2D eigenvalue weighted by atomic mass is 35.5. The van der Waals surface area contributed by atoms with Crippen LogP contribution in [0.15, 0.2) is 18.2 Å². The molecule has 1 aromatic rings. The van der Waals surface area contributed by atoms with E-state index < -0.39 is 40.9 Å². The number of benzene rings is 1. The van der Waals surface area contributed by atoms with E-state index in [1.807, 2.05) is 0 Å². The van der Waals surface area contributed by atoms with Crippen LogP contribution in [-0.2, 0) is 14.4 Å². The number of nitrogens with zero attached hydrogens (tertiary/aromatic N) is 3. The normalized spacial score (nSPS) is 17.7. The average Bonchev–Trinajstić information content (AvgIpc) is 3.20. The first-order valence-corrected chi connectivity index (χ1v) is 8.60. The number of rotatable bonds is 5. The minimum absolute atomic E-state index is 0.0779. The number of hydrogen-bond acceptors (Lipinski definition) is 6. The minimum Gasteiger partial charge on any atom is -0.324 e. The summed E-state index contributed by atoms with van der Waals surface area (Å²) in [5, 5.41) is 13.1. The summed E-state index contributed by atoms with van der Waals surface area (Å²) in [6.45, 7) is -0.664. The zero-order valence-electron chi connectivity index (χ0n) is 14.0. The first-order valence-electron chi connectivity index (χ1n) is 8.22. The van der Waals surface area contributed by atoms with Crippen molar-refractivity contribution in [2.45, 2.75) is 31.7 Å². The van der Waals surface area contributed by atoms with Crippen molar-refractivity contribution in [1.82, 2.24) is 9.80 Å². The number of nitro benzene ring substituents is 1. The lowest BCUT2D eigenvalue weighted by Gasteiger charge is -2.20. The minimum atomic E-state index is -1.05. The number of hydrogen-bond donors (Lipinski definition) is 1. The van der Waals surface area contributed by atoms with Crippen molar-refractivity contribution in [3.63, 3.8) is 0 Å². The van der Waals surface area contributed by atoms with Gasteiger partial charge in [0.25, 0.3) is 5.69 Å². The Morgan fingerprint density at radius 3 is 2.52 bits per heavy atom. The van der Waals surface area contributed by atoms with E-state index in [0.717, 1.165) is 23.8 Å². The van der Waals surface area contributed by atoms with Crippen LogP contribution in [0.5, 0.6) is 0 Å². The summed E-state index contributed by atoms with van der Waals surface area (Å²) in [6.07, 6.45) is 3.01. The van der Waals surface area contributed by atoms with E-state index in [0.29, 0.717) is 17.7 Å². The van der Waals surface area contributed by atoms with Crippen molar-refractivity contribution in [3.8, 4) is 0 Å². The first kappa shape index (κ1) is 18.8. The zero-order chi connectivity index (χ0) is 19.7. The molecule has 10 nitrogen and oxygen atoms in total. The standard InChI is InChI=1S/C16H15ClN4O6/c17-11-6-5-9(7-12(11)21(26)27)18-13(22)8-19-14(23)15(24)20(16(19)25)10-3-1-2-4-10/h5-7,10H,1-4,8H2,(H,18,22). The Labute approximate surface area is 158 Å². The van der Waals surface area contributed by atoms with Crippen LogP contribution in [0.3, 0.4) is 0 Å². The van der Waals surface area contributed by atoms with Crippen molar-refractivity contribution in [2.75, 3.05) is 11.9 Å². The molecule has 1 aliphatic heterocycles. The van der Waals surface area contributed by atoms with Crippen LogP contribution < -0.4 is 5.32 Å². The van der Waals surface area contributed by atoms with Gasteiger partial charge in [0.2, 0.25) is 5.91 Å². The van der Waals surface area contributed by atoms with Gasteiger partial charge in [0.15, 0.2) is 0 Å². The lowest BCUT2D eigenvalue weighted by molar-refractivity contribution is -0.384. The van der Waals surface area contributed by atoms with Gasteiger partial charge in [-0.05, 0) is 25.0 Å². The number of nitro groups is 1. The molecule has 1 aliphatic carbocycles. The molecule has 0 spiro atoms. The molecule has 1 N–H and O–H groups in total. The van der Waals surface area contributed by atoms with E-state index in [2.05, 4.69) is 5.32 Å². The van der Waals surface area contributed by atoms with Crippen molar-refractivity contribution in [2.24, 2.45) is 0 Å². The number of halogens is 1. The predicted molar refractivity (Wildman–Crippen MR) is 92.9 cm³/mol. The summed E-state index contributed by atoms with van der Waals surface area (Å²) < 4.78 is 0. The fourth-order valence-electron chi connectivity index (χ4n) is 3.22.